The number of hydrogen-bond acceptors (Lipinski definition) is 4. The fraction of sp³-hybridized carbons (Fsp3) is 0.182. The SMILES string of the molecule is COCc1ccc(-c2cnoc2N)cc1Cl. The van der Waals surface area contributed by atoms with Crippen molar-refractivity contribution in [3.63, 3.8) is 0 Å². The zero-order valence-corrected chi connectivity index (χ0v) is 9.49. The van der Waals surface area contributed by atoms with Gasteiger partial charge in [-0.1, -0.05) is 28.9 Å². The van der Waals surface area contributed by atoms with E-state index < -0.39 is 0 Å². The molecule has 0 fully saturated rings. The quantitative estimate of drug-likeness (QED) is 0.893. The van der Waals surface area contributed by atoms with Gasteiger partial charge < -0.3 is 15.0 Å². The number of methoxy groups -OCH3 is 1. The molecule has 0 unspecified atom stereocenters. The highest BCUT2D eigenvalue weighted by Gasteiger charge is 2.09. The van der Waals surface area contributed by atoms with Crippen LogP contribution in [0.2, 0.25) is 5.02 Å². The minimum absolute atomic E-state index is 0.288. The summed E-state index contributed by atoms with van der Waals surface area (Å²) in [6, 6.07) is 5.62. The average Bonchev–Trinajstić information content (AvgIpc) is 2.68. The van der Waals surface area contributed by atoms with Crippen molar-refractivity contribution in [2.24, 2.45) is 0 Å². The van der Waals surface area contributed by atoms with E-state index in [1.54, 1.807) is 13.3 Å². The van der Waals surface area contributed by atoms with E-state index in [9.17, 15) is 0 Å². The number of halogens is 1. The standard InChI is InChI=1S/C11H11ClN2O2/c1-15-6-8-3-2-7(4-10(8)12)9-5-14-16-11(9)13/h2-5H,6,13H2,1H3. The topological polar surface area (TPSA) is 61.3 Å². The first-order valence-electron chi connectivity index (χ1n) is 4.70. The minimum atomic E-state index is 0.288. The fourth-order valence-corrected chi connectivity index (χ4v) is 1.69. The van der Waals surface area contributed by atoms with Crippen molar-refractivity contribution in [1.82, 2.24) is 5.16 Å². The number of nitrogen functional groups attached to an aromatic ring is 1. The second-order valence-electron chi connectivity index (χ2n) is 3.34. The van der Waals surface area contributed by atoms with Crippen LogP contribution in [0.15, 0.2) is 28.9 Å². The molecule has 0 spiro atoms. The Bertz CT molecular complexity index is 496. The molecule has 1 heterocycles. The van der Waals surface area contributed by atoms with Gasteiger partial charge in [0.15, 0.2) is 0 Å². The van der Waals surface area contributed by atoms with Gasteiger partial charge in [0.25, 0.3) is 0 Å². The third-order valence-corrected chi connectivity index (χ3v) is 2.61. The van der Waals surface area contributed by atoms with Gasteiger partial charge in [-0.25, -0.2) is 0 Å². The van der Waals surface area contributed by atoms with E-state index in [2.05, 4.69) is 5.16 Å². The molecule has 0 atom stereocenters. The van der Waals surface area contributed by atoms with Crippen molar-refractivity contribution in [3.05, 3.63) is 35.0 Å². The molecule has 0 aliphatic rings. The lowest BCUT2D eigenvalue weighted by Crippen LogP contribution is -1.90. The van der Waals surface area contributed by atoms with E-state index in [1.807, 2.05) is 18.2 Å². The van der Waals surface area contributed by atoms with Crippen LogP contribution in [-0.4, -0.2) is 12.3 Å². The molecule has 0 radical (unpaired) electrons. The van der Waals surface area contributed by atoms with Gasteiger partial charge >= 0.3 is 0 Å². The molecule has 2 aromatic rings. The molecule has 16 heavy (non-hydrogen) atoms. The molecule has 0 amide bonds. The second kappa shape index (κ2) is 4.55. The summed E-state index contributed by atoms with van der Waals surface area (Å²) in [7, 11) is 1.63. The second-order valence-corrected chi connectivity index (χ2v) is 3.75. The maximum atomic E-state index is 6.11. The molecule has 5 heteroatoms. The van der Waals surface area contributed by atoms with E-state index in [0.29, 0.717) is 11.6 Å². The largest absolute Gasteiger partial charge is 0.380 e. The first-order valence-corrected chi connectivity index (χ1v) is 5.08. The monoisotopic (exact) mass is 238 g/mol. The van der Waals surface area contributed by atoms with Crippen LogP contribution >= 0.6 is 11.6 Å². The van der Waals surface area contributed by atoms with Crippen molar-refractivity contribution in [2.75, 3.05) is 12.8 Å². The molecule has 2 rings (SSSR count). The number of anilines is 1. The smallest absolute Gasteiger partial charge is 0.229 e. The molecule has 1 aromatic heterocycles. The summed E-state index contributed by atoms with van der Waals surface area (Å²) in [5, 5.41) is 4.26. The summed E-state index contributed by atoms with van der Waals surface area (Å²) >= 11 is 6.11. The molecule has 0 saturated heterocycles. The molecule has 4 nitrogen and oxygen atoms in total. The summed E-state index contributed by atoms with van der Waals surface area (Å²) < 4.78 is 9.82. The first kappa shape index (κ1) is 11.0. The molecule has 2 N–H and O–H groups in total. The molecule has 0 aliphatic heterocycles. The van der Waals surface area contributed by atoms with Crippen LogP contribution in [0.4, 0.5) is 5.88 Å². The number of aromatic nitrogens is 1. The van der Waals surface area contributed by atoms with Gasteiger partial charge in [0, 0.05) is 12.1 Å². The molecule has 1 aromatic carbocycles. The molecule has 0 bridgehead atoms. The van der Waals surface area contributed by atoms with E-state index in [0.717, 1.165) is 16.7 Å². The highest BCUT2D eigenvalue weighted by atomic mass is 35.5. The van der Waals surface area contributed by atoms with Crippen LogP contribution in [0.5, 0.6) is 0 Å². The van der Waals surface area contributed by atoms with Crippen LogP contribution in [0.1, 0.15) is 5.56 Å². The zero-order chi connectivity index (χ0) is 11.5. The number of nitrogens with two attached hydrogens (primary N) is 1. The van der Waals surface area contributed by atoms with Crippen LogP contribution in [0.3, 0.4) is 0 Å². The average molecular weight is 239 g/mol. The zero-order valence-electron chi connectivity index (χ0n) is 8.74. The lowest BCUT2D eigenvalue weighted by Gasteiger charge is -2.05. The van der Waals surface area contributed by atoms with Gasteiger partial charge in [0.2, 0.25) is 5.88 Å². The maximum Gasteiger partial charge on any atom is 0.229 e. The van der Waals surface area contributed by atoms with E-state index >= 15 is 0 Å². The Morgan fingerprint density at radius 2 is 2.31 bits per heavy atom. The number of hydrogen-bond donors (Lipinski definition) is 1. The molecular formula is C11H11ClN2O2. The summed E-state index contributed by atoms with van der Waals surface area (Å²) in [4.78, 5) is 0. The van der Waals surface area contributed by atoms with Crippen LogP contribution < -0.4 is 5.73 Å². The van der Waals surface area contributed by atoms with Crippen molar-refractivity contribution < 1.29 is 9.26 Å². The summed E-state index contributed by atoms with van der Waals surface area (Å²) in [5.41, 5.74) is 8.18. The fourth-order valence-electron chi connectivity index (χ4n) is 1.45. The Hall–Kier alpha value is -1.52. The number of rotatable bonds is 3. The van der Waals surface area contributed by atoms with E-state index in [-0.39, 0.29) is 5.88 Å². The Morgan fingerprint density at radius 1 is 1.50 bits per heavy atom. The Labute approximate surface area is 97.9 Å². The minimum Gasteiger partial charge on any atom is -0.380 e. The molecule has 84 valence electrons. The van der Waals surface area contributed by atoms with Crippen LogP contribution in [0.25, 0.3) is 11.1 Å². The lowest BCUT2D eigenvalue weighted by atomic mass is 10.1. The Morgan fingerprint density at radius 3 is 2.88 bits per heavy atom. The van der Waals surface area contributed by atoms with Crippen molar-refractivity contribution in [3.8, 4) is 11.1 Å². The molecule has 0 saturated carbocycles. The normalized spacial score (nSPS) is 10.6. The first-order chi connectivity index (χ1) is 7.72. The van der Waals surface area contributed by atoms with Crippen LogP contribution in [-0.2, 0) is 11.3 Å². The van der Waals surface area contributed by atoms with Gasteiger partial charge in [-0.2, -0.15) is 0 Å². The molecule has 0 aliphatic carbocycles. The number of ether oxygens (including phenoxy) is 1. The number of benzene rings is 1. The highest BCUT2D eigenvalue weighted by molar-refractivity contribution is 6.31. The van der Waals surface area contributed by atoms with Crippen molar-refractivity contribution in [2.45, 2.75) is 6.61 Å². The lowest BCUT2D eigenvalue weighted by molar-refractivity contribution is 0.185. The number of nitrogens with zero attached hydrogens (tertiary/aromatic N) is 1. The summed E-state index contributed by atoms with van der Waals surface area (Å²) in [6.07, 6.45) is 1.57. The van der Waals surface area contributed by atoms with E-state index in [1.165, 1.54) is 0 Å². The summed E-state index contributed by atoms with van der Waals surface area (Å²) in [6.45, 7) is 0.484. The van der Waals surface area contributed by atoms with Gasteiger partial charge in [-0.3, -0.25) is 0 Å². The third-order valence-electron chi connectivity index (χ3n) is 2.26. The van der Waals surface area contributed by atoms with Gasteiger partial charge in [0.05, 0.1) is 18.4 Å². The Kier molecular flexibility index (Phi) is 3.12. The van der Waals surface area contributed by atoms with Gasteiger partial charge in [-0.05, 0) is 17.2 Å². The predicted molar refractivity (Wildman–Crippen MR) is 62.1 cm³/mol. The Balaban J connectivity index is 2.38. The van der Waals surface area contributed by atoms with E-state index in [4.69, 9.17) is 26.6 Å². The van der Waals surface area contributed by atoms with Crippen molar-refractivity contribution >= 4 is 17.5 Å². The maximum absolute atomic E-state index is 6.11. The predicted octanol–water partition coefficient (Wildman–Crippen LogP) is 2.72. The van der Waals surface area contributed by atoms with Gasteiger partial charge in [-0.15, -0.1) is 0 Å². The molecular weight excluding hydrogens is 228 g/mol. The summed E-state index contributed by atoms with van der Waals surface area (Å²) in [5.74, 6) is 0.288. The highest BCUT2D eigenvalue weighted by Crippen LogP contribution is 2.29. The van der Waals surface area contributed by atoms with Crippen LogP contribution in [0, 0.1) is 0 Å². The van der Waals surface area contributed by atoms with Crippen molar-refractivity contribution in [1.29, 1.82) is 0 Å². The third kappa shape index (κ3) is 2.03. The van der Waals surface area contributed by atoms with Gasteiger partial charge in [0.1, 0.15) is 0 Å².